The van der Waals surface area contributed by atoms with E-state index < -0.39 is 30.7 Å². The van der Waals surface area contributed by atoms with Crippen molar-refractivity contribution >= 4 is 0 Å². The smallest absolute Gasteiger partial charge is 0.187 e. The Hall–Kier alpha value is -2.58. The summed E-state index contributed by atoms with van der Waals surface area (Å²) in [6.45, 7) is 0.542. The number of benzene rings is 3. The Morgan fingerprint density at radius 2 is 1.03 bits per heavy atom. The maximum absolute atomic E-state index is 11.2. The van der Waals surface area contributed by atoms with Gasteiger partial charge >= 0.3 is 0 Å². The van der Waals surface area contributed by atoms with E-state index in [1.807, 2.05) is 91.0 Å². The van der Waals surface area contributed by atoms with E-state index in [2.05, 4.69) is 0 Å². The first-order valence-electron chi connectivity index (χ1n) is 11.2. The topological polar surface area (TPSA) is 77.4 Å². The molecule has 174 valence electrons. The Morgan fingerprint density at radius 1 is 0.606 bits per heavy atom. The van der Waals surface area contributed by atoms with E-state index in [0.29, 0.717) is 0 Å². The molecular formula is C27H30O6. The summed E-state index contributed by atoms with van der Waals surface area (Å²) in [5, 5.41) is 21.2. The van der Waals surface area contributed by atoms with Crippen LogP contribution in [0.25, 0.3) is 0 Å². The van der Waals surface area contributed by atoms with Crippen molar-refractivity contribution in [2.24, 2.45) is 0 Å². The van der Waals surface area contributed by atoms with Crippen molar-refractivity contribution in [2.75, 3.05) is 6.61 Å². The molecule has 4 rings (SSSR count). The predicted molar refractivity (Wildman–Crippen MR) is 123 cm³/mol. The number of hydrogen-bond donors (Lipinski definition) is 2. The van der Waals surface area contributed by atoms with Crippen LogP contribution in [0.1, 0.15) is 16.7 Å². The van der Waals surface area contributed by atoms with Crippen LogP contribution in [0.15, 0.2) is 91.0 Å². The Morgan fingerprint density at radius 3 is 1.48 bits per heavy atom. The number of hydrogen-bond acceptors (Lipinski definition) is 6. The van der Waals surface area contributed by atoms with Crippen molar-refractivity contribution < 1.29 is 29.2 Å². The average Bonchev–Trinajstić information content (AvgIpc) is 2.88. The lowest BCUT2D eigenvalue weighted by atomic mass is 9.98. The third-order valence-corrected chi connectivity index (χ3v) is 5.62. The van der Waals surface area contributed by atoms with E-state index in [1.54, 1.807) is 0 Å². The Kier molecular flexibility index (Phi) is 8.60. The lowest BCUT2D eigenvalue weighted by Crippen LogP contribution is -2.60. The molecule has 1 heterocycles. The maximum Gasteiger partial charge on any atom is 0.187 e. The third-order valence-electron chi connectivity index (χ3n) is 5.62. The highest BCUT2D eigenvalue weighted by atomic mass is 16.7. The molecule has 5 atom stereocenters. The summed E-state index contributed by atoms with van der Waals surface area (Å²) in [6, 6.07) is 29.1. The van der Waals surface area contributed by atoms with Crippen LogP contribution >= 0.6 is 0 Å². The summed E-state index contributed by atoms with van der Waals surface area (Å²) in [5.74, 6) is 0. The highest BCUT2D eigenvalue weighted by Gasteiger charge is 2.47. The van der Waals surface area contributed by atoms with Crippen LogP contribution < -0.4 is 0 Å². The molecule has 0 amide bonds. The van der Waals surface area contributed by atoms with Crippen LogP contribution in [0.5, 0.6) is 0 Å². The molecule has 6 heteroatoms. The lowest BCUT2D eigenvalue weighted by Gasteiger charge is -2.43. The second-order valence-electron chi connectivity index (χ2n) is 8.04. The van der Waals surface area contributed by atoms with Gasteiger partial charge in [0.05, 0.1) is 26.4 Å². The molecule has 1 aliphatic rings. The SMILES string of the molecule is OC[C@H]1O[C@H](OCc2ccccc2)[C@@H](OCc2ccccc2)[C@@H](O)[C@@H]1OCc1ccccc1. The normalized spacial score (nSPS) is 25.1. The van der Waals surface area contributed by atoms with E-state index in [0.717, 1.165) is 16.7 Å². The van der Waals surface area contributed by atoms with Crippen LogP contribution in [0.4, 0.5) is 0 Å². The van der Waals surface area contributed by atoms with E-state index in [1.165, 1.54) is 0 Å². The Labute approximate surface area is 194 Å². The van der Waals surface area contributed by atoms with Gasteiger partial charge in [0, 0.05) is 0 Å². The monoisotopic (exact) mass is 450 g/mol. The summed E-state index contributed by atoms with van der Waals surface area (Å²) < 4.78 is 24.2. The lowest BCUT2D eigenvalue weighted by molar-refractivity contribution is -0.321. The molecule has 33 heavy (non-hydrogen) atoms. The van der Waals surface area contributed by atoms with Gasteiger partial charge in [0.1, 0.15) is 24.4 Å². The second kappa shape index (κ2) is 12.0. The van der Waals surface area contributed by atoms with Crippen molar-refractivity contribution in [1.82, 2.24) is 0 Å². The first-order valence-corrected chi connectivity index (χ1v) is 11.2. The number of ether oxygens (including phenoxy) is 4. The van der Waals surface area contributed by atoms with E-state index in [4.69, 9.17) is 18.9 Å². The zero-order valence-electron chi connectivity index (χ0n) is 18.4. The quantitative estimate of drug-likeness (QED) is 0.493. The summed E-state index contributed by atoms with van der Waals surface area (Å²) in [5.41, 5.74) is 2.91. The molecule has 2 N–H and O–H groups in total. The minimum atomic E-state index is -1.05. The van der Waals surface area contributed by atoms with E-state index >= 15 is 0 Å². The molecule has 0 spiro atoms. The molecule has 1 saturated heterocycles. The zero-order valence-corrected chi connectivity index (χ0v) is 18.4. The van der Waals surface area contributed by atoms with Crippen molar-refractivity contribution in [3.8, 4) is 0 Å². The van der Waals surface area contributed by atoms with Gasteiger partial charge in [-0.2, -0.15) is 0 Å². The summed E-state index contributed by atoms with van der Waals surface area (Å²) in [4.78, 5) is 0. The first kappa shape index (κ1) is 23.6. The fourth-order valence-corrected chi connectivity index (χ4v) is 3.85. The van der Waals surface area contributed by atoms with Gasteiger partial charge in [-0.05, 0) is 16.7 Å². The molecule has 0 aromatic heterocycles. The van der Waals surface area contributed by atoms with Crippen molar-refractivity contribution in [1.29, 1.82) is 0 Å². The van der Waals surface area contributed by atoms with Gasteiger partial charge in [0.15, 0.2) is 6.29 Å². The van der Waals surface area contributed by atoms with Crippen LogP contribution in [0.2, 0.25) is 0 Å². The average molecular weight is 451 g/mol. The Bertz CT molecular complexity index is 937. The Balaban J connectivity index is 1.48. The van der Waals surface area contributed by atoms with Gasteiger partial charge in [-0.1, -0.05) is 91.0 Å². The molecule has 1 fully saturated rings. The molecule has 0 bridgehead atoms. The molecule has 1 aliphatic heterocycles. The maximum atomic E-state index is 11.2. The molecular weight excluding hydrogens is 420 g/mol. The molecule has 6 nitrogen and oxygen atoms in total. The van der Waals surface area contributed by atoms with Gasteiger partial charge in [0.2, 0.25) is 0 Å². The van der Waals surface area contributed by atoms with Gasteiger partial charge in [-0.3, -0.25) is 0 Å². The number of aliphatic hydroxyl groups is 2. The molecule has 3 aromatic carbocycles. The van der Waals surface area contributed by atoms with Crippen LogP contribution in [-0.2, 0) is 38.8 Å². The summed E-state index contributed by atoms with van der Waals surface area (Å²) in [7, 11) is 0. The molecule has 0 aliphatic carbocycles. The van der Waals surface area contributed by atoms with E-state index in [-0.39, 0.29) is 26.4 Å². The van der Waals surface area contributed by atoms with Crippen molar-refractivity contribution in [3.05, 3.63) is 108 Å². The summed E-state index contributed by atoms with van der Waals surface area (Å²) >= 11 is 0. The van der Waals surface area contributed by atoms with Gasteiger partial charge < -0.3 is 29.2 Å². The van der Waals surface area contributed by atoms with Gasteiger partial charge in [-0.15, -0.1) is 0 Å². The van der Waals surface area contributed by atoms with Crippen molar-refractivity contribution in [3.63, 3.8) is 0 Å². The minimum Gasteiger partial charge on any atom is -0.394 e. The fourth-order valence-electron chi connectivity index (χ4n) is 3.85. The van der Waals surface area contributed by atoms with Crippen LogP contribution in [-0.4, -0.2) is 47.5 Å². The fraction of sp³-hybridized carbons (Fsp3) is 0.333. The standard InChI is InChI=1S/C27H30O6/c28-16-23-25(30-17-20-10-4-1-5-11-20)24(29)26(31-18-21-12-6-2-7-13-21)27(33-23)32-19-22-14-8-3-9-15-22/h1-15,23-29H,16-19H2/t23-,24+,25-,26+,27+/m1/s1. The van der Waals surface area contributed by atoms with Crippen LogP contribution in [0.3, 0.4) is 0 Å². The number of rotatable bonds is 10. The van der Waals surface area contributed by atoms with Gasteiger partial charge in [-0.25, -0.2) is 0 Å². The third kappa shape index (κ3) is 6.48. The molecule has 3 aromatic rings. The molecule has 0 radical (unpaired) electrons. The zero-order chi connectivity index (χ0) is 22.9. The van der Waals surface area contributed by atoms with Gasteiger partial charge in [0.25, 0.3) is 0 Å². The highest BCUT2D eigenvalue weighted by Crippen LogP contribution is 2.28. The summed E-state index contributed by atoms with van der Waals surface area (Å²) in [6.07, 6.45) is -4.23. The molecule has 0 saturated carbocycles. The van der Waals surface area contributed by atoms with Crippen LogP contribution in [0, 0.1) is 0 Å². The highest BCUT2D eigenvalue weighted by molar-refractivity contribution is 5.15. The van der Waals surface area contributed by atoms with E-state index in [9.17, 15) is 10.2 Å². The predicted octanol–water partition coefficient (Wildman–Crippen LogP) is 3.45. The number of aliphatic hydroxyl groups excluding tert-OH is 2. The second-order valence-corrected chi connectivity index (χ2v) is 8.04. The largest absolute Gasteiger partial charge is 0.394 e. The van der Waals surface area contributed by atoms with Crippen molar-refractivity contribution in [2.45, 2.75) is 50.5 Å². The minimum absolute atomic E-state index is 0.281. The molecule has 0 unspecified atom stereocenters. The first-order chi connectivity index (χ1) is 16.2.